The zero-order valence-corrected chi connectivity index (χ0v) is 36.8. The number of hydrogen-bond donors (Lipinski definition) is 0. The number of aryl methyl sites for hydroxylation is 1. The van der Waals surface area contributed by atoms with Crippen LogP contribution in [0.5, 0.6) is 0 Å². The van der Waals surface area contributed by atoms with Crippen LogP contribution >= 0.6 is 0 Å². The lowest BCUT2D eigenvalue weighted by Crippen LogP contribution is -2.42. The fraction of sp³-hybridized carbons (Fsp3) is 0.345. The van der Waals surface area contributed by atoms with Crippen molar-refractivity contribution in [1.29, 1.82) is 0 Å². The third kappa shape index (κ3) is 5.91. The zero-order valence-electron chi connectivity index (χ0n) is 36.8. The van der Waals surface area contributed by atoms with Crippen LogP contribution in [0.15, 0.2) is 149 Å². The molecule has 4 heteroatoms. The first kappa shape index (κ1) is 40.3. The van der Waals surface area contributed by atoms with E-state index in [4.69, 9.17) is 10.8 Å². The van der Waals surface area contributed by atoms with Gasteiger partial charge in [-0.15, -0.1) is 6.42 Å². The molecule has 0 radical (unpaired) electrons. The summed E-state index contributed by atoms with van der Waals surface area (Å²) < 4.78 is 23.6. The topological polar surface area (TPSA) is 19.6 Å². The Morgan fingerprint density at radius 1 is 0.952 bits per heavy atom. The molecule has 2 heterocycles. The van der Waals surface area contributed by atoms with E-state index in [1.54, 1.807) is 12.2 Å². The molecular weight excluding hydrogens is 760 g/mol. The first-order chi connectivity index (χ1) is 30.4. The molecule has 3 nitrogen and oxygen atoms in total. The molecule has 10 rings (SSSR count). The number of anilines is 1. The molecule has 1 spiro atoms. The molecule has 1 aromatic heterocycles. The van der Waals surface area contributed by atoms with Crippen LogP contribution in [0, 0.1) is 31.1 Å². The van der Waals surface area contributed by atoms with Crippen LogP contribution in [-0.4, -0.2) is 23.0 Å². The fourth-order valence-corrected chi connectivity index (χ4v) is 13.3. The normalized spacial score (nSPS) is 26.9. The van der Waals surface area contributed by atoms with Gasteiger partial charge in [-0.1, -0.05) is 123 Å². The number of halogens is 1. The SMILES string of the molecule is C#C/C=C\c1c(C)oc2c3c(cc(N(C(/C=C\C=C)=C/C)C4CCC5C(/C=C\C)=C(C)N(C6CCCCC6)C5CC4)c12)C1(c2ccccc2-3)c2ccccc2C2C(F)=CC=CC21. The minimum atomic E-state index is -0.642. The molecule has 6 aliphatic rings. The molecule has 2 saturated carbocycles. The summed E-state index contributed by atoms with van der Waals surface area (Å²) in [6, 6.07) is 21.2. The van der Waals surface area contributed by atoms with Gasteiger partial charge in [0.05, 0.1) is 16.5 Å². The lowest BCUT2D eigenvalue weighted by molar-refractivity contribution is 0.135. The highest BCUT2D eigenvalue weighted by molar-refractivity contribution is 6.10. The van der Waals surface area contributed by atoms with Gasteiger partial charge in [-0.3, -0.25) is 0 Å². The summed E-state index contributed by atoms with van der Waals surface area (Å²) in [6.07, 6.45) is 39.6. The maximum Gasteiger partial charge on any atom is 0.145 e. The minimum absolute atomic E-state index is 0.0788. The van der Waals surface area contributed by atoms with Gasteiger partial charge in [0, 0.05) is 58.4 Å². The summed E-state index contributed by atoms with van der Waals surface area (Å²) in [4.78, 5) is 5.53. The Morgan fingerprint density at radius 3 is 2.50 bits per heavy atom. The first-order valence-electron chi connectivity index (χ1n) is 23.2. The van der Waals surface area contributed by atoms with Crippen LogP contribution in [-0.2, 0) is 5.41 Å². The minimum Gasteiger partial charge on any atom is -0.460 e. The zero-order chi connectivity index (χ0) is 42.7. The summed E-state index contributed by atoms with van der Waals surface area (Å²) in [5.74, 6) is 3.48. The van der Waals surface area contributed by atoms with Crippen molar-refractivity contribution in [2.75, 3.05) is 4.90 Å². The van der Waals surface area contributed by atoms with Crippen molar-refractivity contribution in [3.05, 3.63) is 178 Å². The number of nitrogens with zero attached hydrogens (tertiary/aromatic N) is 2. The van der Waals surface area contributed by atoms with Crippen LogP contribution < -0.4 is 4.90 Å². The number of rotatable bonds is 8. The Labute approximate surface area is 368 Å². The predicted octanol–water partition coefficient (Wildman–Crippen LogP) is 14.7. The van der Waals surface area contributed by atoms with Crippen LogP contribution in [0.3, 0.4) is 0 Å². The predicted molar refractivity (Wildman–Crippen MR) is 256 cm³/mol. The molecule has 2 fully saturated rings. The standard InChI is InChI=1S/C58H59FN2O/c1-7-11-22-39(10-4)61(41-32-34-44-42(21-9-3)37(5)60(52(44)35-33-41)40-23-14-13-15-24-40)53-36-50-55(57-56(53)43(25-12-8-2)38(6)62-57)46-27-17-19-29-48(46)58(50)47-28-18-16-26-45(47)54-49(58)30-20-31-51(54)59/h2,7,9-12,16-22,25-31,36,40-41,44,49,52,54H,1,13-15,23-24,32-35H2,3-6H3/b21-9-,22-11-,25-12-,39-10+. The number of terminal acetylenes is 1. The van der Waals surface area contributed by atoms with Gasteiger partial charge in [0.25, 0.3) is 0 Å². The molecule has 0 amide bonds. The van der Waals surface area contributed by atoms with Crippen LogP contribution in [0.2, 0.25) is 0 Å². The maximum absolute atomic E-state index is 16.5. The van der Waals surface area contributed by atoms with E-state index < -0.39 is 5.41 Å². The molecular formula is C58H59FN2O. The van der Waals surface area contributed by atoms with Crippen molar-refractivity contribution in [3.8, 4) is 23.5 Å². The molecule has 5 aliphatic carbocycles. The van der Waals surface area contributed by atoms with Gasteiger partial charge < -0.3 is 14.2 Å². The Balaban J connectivity index is 1.22. The first-order valence-corrected chi connectivity index (χ1v) is 23.2. The lowest BCUT2D eigenvalue weighted by atomic mass is 9.65. The van der Waals surface area contributed by atoms with Gasteiger partial charge >= 0.3 is 0 Å². The van der Waals surface area contributed by atoms with E-state index in [9.17, 15) is 0 Å². The van der Waals surface area contributed by atoms with Gasteiger partial charge in [-0.25, -0.2) is 4.39 Å². The smallest absolute Gasteiger partial charge is 0.145 e. The summed E-state index contributed by atoms with van der Waals surface area (Å²) in [5, 5.41) is 1.07. The Bertz CT molecular complexity index is 2720. The number of furan rings is 1. The largest absolute Gasteiger partial charge is 0.460 e. The van der Waals surface area contributed by atoms with E-state index in [0.717, 1.165) is 76.1 Å². The Kier molecular flexibility index (Phi) is 10.5. The van der Waals surface area contributed by atoms with Crippen LogP contribution in [0.1, 0.15) is 118 Å². The van der Waals surface area contributed by atoms with Crippen molar-refractivity contribution in [1.82, 2.24) is 4.90 Å². The highest BCUT2D eigenvalue weighted by Crippen LogP contribution is 2.68. The molecule has 4 aromatic rings. The molecule has 0 N–H and O–H groups in total. The molecule has 0 saturated heterocycles. The molecule has 0 bridgehead atoms. The van der Waals surface area contributed by atoms with Crippen molar-refractivity contribution in [2.45, 2.75) is 115 Å². The van der Waals surface area contributed by atoms with Gasteiger partial charge in [0.15, 0.2) is 0 Å². The van der Waals surface area contributed by atoms with Crippen molar-refractivity contribution >= 4 is 22.7 Å². The Hall–Kier alpha value is -5.79. The average molecular weight is 819 g/mol. The second-order valence-electron chi connectivity index (χ2n) is 18.4. The van der Waals surface area contributed by atoms with E-state index in [1.165, 1.54) is 60.1 Å². The maximum atomic E-state index is 16.5. The van der Waals surface area contributed by atoms with E-state index in [0.29, 0.717) is 18.0 Å². The third-order valence-corrected chi connectivity index (χ3v) is 15.6. The van der Waals surface area contributed by atoms with E-state index >= 15 is 4.39 Å². The molecule has 6 atom stereocenters. The highest BCUT2D eigenvalue weighted by Gasteiger charge is 2.59. The van der Waals surface area contributed by atoms with Gasteiger partial charge in [-0.05, 0) is 130 Å². The van der Waals surface area contributed by atoms with Crippen molar-refractivity contribution < 1.29 is 8.81 Å². The highest BCUT2D eigenvalue weighted by atomic mass is 19.1. The van der Waals surface area contributed by atoms with Crippen LogP contribution in [0.25, 0.3) is 28.2 Å². The fourth-order valence-electron chi connectivity index (χ4n) is 13.3. The Morgan fingerprint density at radius 2 is 1.73 bits per heavy atom. The van der Waals surface area contributed by atoms with E-state index in [1.807, 2.05) is 12.2 Å². The number of hydrogen-bond acceptors (Lipinski definition) is 3. The van der Waals surface area contributed by atoms with Gasteiger partial charge in [0.1, 0.15) is 17.2 Å². The monoisotopic (exact) mass is 818 g/mol. The molecule has 3 aromatic carbocycles. The average Bonchev–Trinajstić information content (AvgIpc) is 3.92. The second kappa shape index (κ2) is 16.2. The summed E-state index contributed by atoms with van der Waals surface area (Å²) in [7, 11) is 0. The summed E-state index contributed by atoms with van der Waals surface area (Å²) in [6.45, 7) is 12.9. The van der Waals surface area contributed by atoms with Gasteiger partial charge in [-0.2, -0.15) is 0 Å². The van der Waals surface area contributed by atoms with Crippen LogP contribution in [0.4, 0.5) is 10.1 Å². The number of fused-ring (bicyclic) bond motifs is 13. The molecule has 1 aliphatic heterocycles. The third-order valence-electron chi connectivity index (χ3n) is 15.6. The molecule has 6 unspecified atom stereocenters. The second-order valence-corrected chi connectivity index (χ2v) is 18.4. The van der Waals surface area contributed by atoms with Crippen molar-refractivity contribution in [2.24, 2.45) is 11.8 Å². The van der Waals surface area contributed by atoms with Gasteiger partial charge in [0.2, 0.25) is 0 Å². The molecule has 62 heavy (non-hydrogen) atoms. The summed E-state index contributed by atoms with van der Waals surface area (Å²) in [5.41, 5.74) is 13.4. The van der Waals surface area contributed by atoms with Crippen molar-refractivity contribution in [3.63, 3.8) is 0 Å². The van der Waals surface area contributed by atoms with E-state index in [-0.39, 0.29) is 23.7 Å². The quantitative estimate of drug-likeness (QED) is 0.130. The lowest BCUT2D eigenvalue weighted by Gasteiger charge is -2.40. The number of allylic oxidation sites excluding steroid dienone is 12. The number of benzene rings is 3. The summed E-state index contributed by atoms with van der Waals surface area (Å²) >= 11 is 0. The van der Waals surface area contributed by atoms with E-state index in [2.05, 4.69) is 147 Å². The molecule has 314 valence electrons.